The van der Waals surface area contributed by atoms with Crippen molar-refractivity contribution in [3.05, 3.63) is 0 Å². The number of ether oxygens (including phenoxy) is 4. The molecule has 0 aromatic heterocycles. The van der Waals surface area contributed by atoms with Crippen molar-refractivity contribution in [2.45, 2.75) is 77.1 Å². The summed E-state index contributed by atoms with van der Waals surface area (Å²) < 4.78 is 22.1. The number of carbonyl (C=O) groups excluding carboxylic acids is 3. The van der Waals surface area contributed by atoms with E-state index in [0.717, 1.165) is 0 Å². The molecule has 4 N–H and O–H groups in total. The van der Waals surface area contributed by atoms with Gasteiger partial charge in [-0.15, -0.1) is 0 Å². The summed E-state index contributed by atoms with van der Waals surface area (Å²) in [6.45, 7) is 3.86. The molecule has 1 fully saturated rings. The summed E-state index contributed by atoms with van der Waals surface area (Å²) in [5.74, 6) is -2.53. The zero-order valence-corrected chi connectivity index (χ0v) is 16.9. The Morgan fingerprint density at radius 1 is 1.00 bits per heavy atom. The number of hydrogen-bond acceptors (Lipinski definition) is 9. The van der Waals surface area contributed by atoms with Crippen molar-refractivity contribution in [1.82, 2.24) is 5.32 Å². The second-order valence-electron chi connectivity index (χ2n) is 6.73. The predicted octanol–water partition coefficient (Wildman–Crippen LogP) is -0.300. The minimum Gasteiger partial charge on any atom is -0.481 e. The normalized spacial score (nSPS) is 26.4. The first kappa shape index (κ1) is 24.8. The molecule has 0 aromatic carbocycles. The first-order chi connectivity index (χ1) is 13.6. The van der Waals surface area contributed by atoms with Crippen LogP contribution in [0.2, 0.25) is 0 Å². The maximum Gasteiger partial charge on any atom is 0.303 e. The van der Waals surface area contributed by atoms with Gasteiger partial charge in [0.25, 0.3) is 0 Å². The fraction of sp³-hybridized carbons (Fsp3) is 0.778. The van der Waals surface area contributed by atoms with Crippen LogP contribution in [0.4, 0.5) is 0 Å². The second-order valence-corrected chi connectivity index (χ2v) is 6.73. The predicted molar refractivity (Wildman–Crippen MR) is 98.5 cm³/mol. The number of aliphatic carboxylic acids is 1. The molecule has 29 heavy (non-hydrogen) atoms. The molecule has 0 aromatic rings. The standard InChI is InChI=1S/C18H30N2O9/c1-10(21)20-15-17(28-12(3)23)16(27-11(2)22)13(9-19)29-18(15)26-8-6-4-5-7-14(24)25/h13,15-18H,4-9,19H2,1-3H3,(H,20,21)(H,24,25). The molecule has 0 saturated carbocycles. The third kappa shape index (κ3) is 8.75. The van der Waals surface area contributed by atoms with Gasteiger partial charge in [0, 0.05) is 40.3 Å². The van der Waals surface area contributed by atoms with Gasteiger partial charge in [-0.2, -0.15) is 0 Å². The maximum atomic E-state index is 11.7. The van der Waals surface area contributed by atoms with Gasteiger partial charge in [0.15, 0.2) is 18.5 Å². The Morgan fingerprint density at radius 2 is 1.62 bits per heavy atom. The number of carboxylic acids is 1. The van der Waals surface area contributed by atoms with Crippen LogP contribution in [0.5, 0.6) is 0 Å². The van der Waals surface area contributed by atoms with Crippen LogP contribution in [-0.2, 0) is 38.1 Å². The molecule has 0 aliphatic carbocycles. The van der Waals surface area contributed by atoms with Crippen LogP contribution in [0, 0.1) is 0 Å². The average molecular weight is 418 g/mol. The van der Waals surface area contributed by atoms with E-state index >= 15 is 0 Å². The zero-order chi connectivity index (χ0) is 22.0. The van der Waals surface area contributed by atoms with Crippen molar-refractivity contribution in [3.8, 4) is 0 Å². The number of carboxylic acid groups (broad SMARTS) is 1. The van der Waals surface area contributed by atoms with Crippen LogP contribution >= 0.6 is 0 Å². The average Bonchev–Trinajstić information content (AvgIpc) is 2.60. The monoisotopic (exact) mass is 418 g/mol. The lowest BCUT2D eigenvalue weighted by Crippen LogP contribution is -2.67. The lowest BCUT2D eigenvalue weighted by Gasteiger charge is -2.45. The number of carbonyl (C=O) groups is 4. The van der Waals surface area contributed by atoms with Crippen LogP contribution in [0.15, 0.2) is 0 Å². The van der Waals surface area contributed by atoms with Crippen LogP contribution in [0.1, 0.15) is 46.5 Å². The lowest BCUT2D eigenvalue weighted by molar-refractivity contribution is -0.269. The van der Waals surface area contributed by atoms with Crippen LogP contribution in [-0.4, -0.2) is 72.7 Å². The molecular formula is C18H30N2O9. The molecule has 1 heterocycles. The Hall–Kier alpha value is -2.24. The van der Waals surface area contributed by atoms with E-state index in [9.17, 15) is 19.2 Å². The molecule has 11 heteroatoms. The van der Waals surface area contributed by atoms with Gasteiger partial charge in [0.05, 0.1) is 0 Å². The Bertz CT molecular complexity index is 584. The topological polar surface area (TPSA) is 163 Å². The van der Waals surface area contributed by atoms with Crippen LogP contribution in [0.25, 0.3) is 0 Å². The molecule has 1 saturated heterocycles. The molecule has 0 spiro atoms. The van der Waals surface area contributed by atoms with Gasteiger partial charge < -0.3 is 35.1 Å². The Balaban J connectivity index is 2.91. The molecule has 11 nitrogen and oxygen atoms in total. The summed E-state index contributed by atoms with van der Waals surface area (Å²) in [5, 5.41) is 11.3. The molecule has 0 bridgehead atoms. The number of esters is 2. The summed E-state index contributed by atoms with van der Waals surface area (Å²) in [6.07, 6.45) is -2.11. The van der Waals surface area contributed by atoms with Gasteiger partial charge in [0.2, 0.25) is 5.91 Å². The summed E-state index contributed by atoms with van der Waals surface area (Å²) in [4.78, 5) is 45.4. The number of amides is 1. The van der Waals surface area contributed by atoms with E-state index in [0.29, 0.717) is 19.3 Å². The smallest absolute Gasteiger partial charge is 0.303 e. The van der Waals surface area contributed by atoms with Crippen molar-refractivity contribution in [2.75, 3.05) is 13.2 Å². The van der Waals surface area contributed by atoms with Crippen LogP contribution in [0.3, 0.4) is 0 Å². The quantitative estimate of drug-likeness (QED) is 0.300. The third-order valence-electron chi connectivity index (χ3n) is 4.17. The van der Waals surface area contributed by atoms with E-state index in [1.165, 1.54) is 20.8 Å². The molecule has 1 aliphatic heterocycles. The van der Waals surface area contributed by atoms with Crippen molar-refractivity contribution in [1.29, 1.82) is 0 Å². The van der Waals surface area contributed by atoms with E-state index < -0.39 is 54.5 Å². The molecule has 5 unspecified atom stereocenters. The SMILES string of the molecule is CC(=O)NC1C(OCCCCCC(=O)O)OC(CN)C(OC(C)=O)C1OC(C)=O. The Kier molecular flexibility index (Phi) is 10.6. The van der Waals surface area contributed by atoms with E-state index in [1.54, 1.807) is 0 Å². The number of hydrogen-bond donors (Lipinski definition) is 3. The van der Waals surface area contributed by atoms with Gasteiger partial charge in [-0.25, -0.2) is 0 Å². The van der Waals surface area contributed by atoms with Crippen LogP contribution < -0.4 is 11.1 Å². The van der Waals surface area contributed by atoms with Gasteiger partial charge >= 0.3 is 17.9 Å². The Morgan fingerprint density at radius 3 is 2.14 bits per heavy atom. The summed E-state index contributed by atoms with van der Waals surface area (Å²) in [7, 11) is 0. The van der Waals surface area contributed by atoms with Gasteiger partial charge in [-0.3, -0.25) is 19.2 Å². The van der Waals surface area contributed by atoms with E-state index in [-0.39, 0.29) is 19.6 Å². The fourth-order valence-electron chi connectivity index (χ4n) is 3.04. The van der Waals surface area contributed by atoms with E-state index in [4.69, 9.17) is 29.8 Å². The summed E-state index contributed by atoms with van der Waals surface area (Å²) in [6, 6.07) is -0.928. The molecule has 0 radical (unpaired) electrons. The largest absolute Gasteiger partial charge is 0.481 e. The first-order valence-electron chi connectivity index (χ1n) is 9.46. The highest BCUT2D eigenvalue weighted by Gasteiger charge is 2.50. The van der Waals surface area contributed by atoms with Gasteiger partial charge in [0.1, 0.15) is 12.1 Å². The second kappa shape index (κ2) is 12.3. The molecule has 1 rings (SSSR count). The van der Waals surface area contributed by atoms with Crippen molar-refractivity contribution < 1.29 is 43.2 Å². The molecule has 166 valence electrons. The molecule has 5 atom stereocenters. The number of rotatable bonds is 11. The summed E-state index contributed by atoms with van der Waals surface area (Å²) >= 11 is 0. The molecular weight excluding hydrogens is 388 g/mol. The highest BCUT2D eigenvalue weighted by Crippen LogP contribution is 2.27. The number of nitrogens with one attached hydrogen (secondary N) is 1. The minimum absolute atomic E-state index is 0.0407. The zero-order valence-electron chi connectivity index (χ0n) is 16.9. The third-order valence-corrected chi connectivity index (χ3v) is 4.17. The fourth-order valence-corrected chi connectivity index (χ4v) is 3.04. The first-order valence-corrected chi connectivity index (χ1v) is 9.46. The lowest BCUT2D eigenvalue weighted by atomic mass is 9.95. The molecule has 1 amide bonds. The Labute approximate surface area is 169 Å². The number of nitrogens with two attached hydrogens (primary N) is 1. The van der Waals surface area contributed by atoms with Crippen molar-refractivity contribution in [2.24, 2.45) is 5.73 Å². The van der Waals surface area contributed by atoms with E-state index in [2.05, 4.69) is 5.32 Å². The maximum absolute atomic E-state index is 11.7. The van der Waals surface area contributed by atoms with Gasteiger partial charge in [-0.05, 0) is 12.8 Å². The van der Waals surface area contributed by atoms with Crippen molar-refractivity contribution in [3.63, 3.8) is 0 Å². The highest BCUT2D eigenvalue weighted by molar-refractivity contribution is 5.73. The number of unbranched alkanes of at least 4 members (excludes halogenated alkanes) is 2. The van der Waals surface area contributed by atoms with Gasteiger partial charge in [-0.1, -0.05) is 6.42 Å². The minimum atomic E-state index is -1.06. The van der Waals surface area contributed by atoms with E-state index in [1.807, 2.05) is 0 Å². The molecule has 1 aliphatic rings. The van der Waals surface area contributed by atoms with Crippen molar-refractivity contribution >= 4 is 23.8 Å². The highest BCUT2D eigenvalue weighted by atomic mass is 16.7. The summed E-state index contributed by atoms with van der Waals surface area (Å²) in [5.41, 5.74) is 5.74.